The van der Waals surface area contributed by atoms with Crippen molar-refractivity contribution < 1.29 is 23.1 Å². The van der Waals surface area contributed by atoms with Gasteiger partial charge in [-0.3, -0.25) is 10.2 Å². The van der Waals surface area contributed by atoms with E-state index in [0.717, 1.165) is 31.4 Å². The second kappa shape index (κ2) is 9.44. The highest BCUT2D eigenvalue weighted by Crippen LogP contribution is 2.42. The van der Waals surface area contributed by atoms with Crippen molar-refractivity contribution in [3.8, 4) is 0 Å². The van der Waals surface area contributed by atoms with Crippen LogP contribution in [-0.4, -0.2) is 42.0 Å². The summed E-state index contributed by atoms with van der Waals surface area (Å²) in [4.78, 5) is 27.5. The number of ether oxygens (including phenoxy) is 1. The molecule has 0 aliphatic carbocycles. The molecule has 1 aromatic carbocycles. The Kier molecular flexibility index (Phi) is 7.11. The average Bonchev–Trinajstić information content (AvgIpc) is 3.10. The summed E-state index contributed by atoms with van der Waals surface area (Å²) < 4.78 is 32.4. The van der Waals surface area contributed by atoms with Crippen LogP contribution in [0.3, 0.4) is 0 Å². The molecule has 1 fully saturated rings. The van der Waals surface area contributed by atoms with Crippen LogP contribution in [0.5, 0.6) is 0 Å². The van der Waals surface area contributed by atoms with E-state index in [1.165, 1.54) is 17.2 Å². The number of esters is 1. The maximum absolute atomic E-state index is 13.7. The summed E-state index contributed by atoms with van der Waals surface area (Å²) in [5.41, 5.74) is 6.59. The number of halogens is 2. The van der Waals surface area contributed by atoms with Crippen LogP contribution < -0.4 is 10.9 Å². The number of benzene rings is 1. The third kappa shape index (κ3) is 4.80. The van der Waals surface area contributed by atoms with Crippen molar-refractivity contribution in [2.75, 3.05) is 13.2 Å². The molecule has 0 spiro atoms. The van der Waals surface area contributed by atoms with Crippen LogP contribution in [-0.2, 0) is 9.53 Å². The van der Waals surface area contributed by atoms with E-state index in [9.17, 15) is 18.4 Å². The highest BCUT2D eigenvalue weighted by atomic mass is 19.2. The van der Waals surface area contributed by atoms with Crippen LogP contribution in [0.25, 0.3) is 0 Å². The van der Waals surface area contributed by atoms with Gasteiger partial charge in [-0.1, -0.05) is 33.6 Å². The van der Waals surface area contributed by atoms with E-state index in [1.807, 2.05) is 0 Å². The van der Waals surface area contributed by atoms with Crippen molar-refractivity contribution >= 4 is 11.9 Å². The van der Waals surface area contributed by atoms with E-state index in [4.69, 9.17) is 4.74 Å². The van der Waals surface area contributed by atoms with Gasteiger partial charge in [-0.25, -0.2) is 19.0 Å². The van der Waals surface area contributed by atoms with Gasteiger partial charge in [0.2, 0.25) is 0 Å². The summed E-state index contributed by atoms with van der Waals surface area (Å²) in [6.45, 7) is 8.51. The number of rotatable bonds is 6. The molecule has 0 radical (unpaired) electrons. The topological polar surface area (TPSA) is 70.7 Å². The van der Waals surface area contributed by atoms with E-state index >= 15 is 0 Å². The van der Waals surface area contributed by atoms with Gasteiger partial charge in [-0.2, -0.15) is 0 Å². The largest absolute Gasteiger partial charge is 0.463 e. The van der Waals surface area contributed by atoms with Gasteiger partial charge in [-0.05, 0) is 37.0 Å². The van der Waals surface area contributed by atoms with E-state index in [2.05, 4.69) is 31.6 Å². The number of hydrazine groups is 1. The molecule has 1 amide bonds. The van der Waals surface area contributed by atoms with Gasteiger partial charge < -0.3 is 9.64 Å². The number of hydrogen-bond acceptors (Lipinski definition) is 5. The lowest BCUT2D eigenvalue weighted by atomic mass is 9.70. The minimum atomic E-state index is -1.09. The second-order valence-corrected chi connectivity index (χ2v) is 8.90. The summed E-state index contributed by atoms with van der Waals surface area (Å²) in [6, 6.07) is 2.86. The van der Waals surface area contributed by atoms with Gasteiger partial charge in [0.25, 0.3) is 5.91 Å². The van der Waals surface area contributed by atoms with Crippen LogP contribution in [0, 0.1) is 23.0 Å². The number of fused-ring (bicyclic) bond motifs is 1. The van der Waals surface area contributed by atoms with Gasteiger partial charge in [-0.15, -0.1) is 0 Å². The van der Waals surface area contributed by atoms with Gasteiger partial charge in [0, 0.05) is 30.3 Å². The van der Waals surface area contributed by atoms with Crippen molar-refractivity contribution in [3.05, 3.63) is 47.2 Å². The Morgan fingerprint density at radius 1 is 1.19 bits per heavy atom. The number of hydrogen-bond donors (Lipinski definition) is 2. The Labute approximate surface area is 182 Å². The Hall–Kier alpha value is -2.32. The zero-order valence-electron chi connectivity index (χ0n) is 18.5. The van der Waals surface area contributed by atoms with E-state index in [1.54, 1.807) is 6.92 Å². The van der Waals surface area contributed by atoms with Crippen molar-refractivity contribution in [2.24, 2.45) is 11.3 Å². The monoisotopic (exact) mass is 435 g/mol. The fourth-order valence-electron chi connectivity index (χ4n) is 4.71. The van der Waals surface area contributed by atoms with Crippen LogP contribution in [0.15, 0.2) is 30.0 Å². The van der Waals surface area contributed by atoms with Crippen molar-refractivity contribution in [3.63, 3.8) is 0 Å². The third-order valence-corrected chi connectivity index (χ3v) is 6.13. The molecule has 3 unspecified atom stereocenters. The molecule has 2 heterocycles. The predicted molar refractivity (Wildman–Crippen MR) is 113 cm³/mol. The number of nitrogens with zero attached hydrogens (tertiary/aromatic N) is 1. The molecule has 0 aromatic heterocycles. The first-order valence-corrected chi connectivity index (χ1v) is 10.9. The van der Waals surface area contributed by atoms with Crippen LogP contribution in [0.1, 0.15) is 57.3 Å². The van der Waals surface area contributed by atoms with Crippen LogP contribution in [0.4, 0.5) is 8.78 Å². The summed E-state index contributed by atoms with van der Waals surface area (Å²) in [5, 5.41) is 0. The maximum Gasteiger partial charge on any atom is 0.337 e. The van der Waals surface area contributed by atoms with E-state index in [0.29, 0.717) is 12.1 Å². The molecule has 0 saturated carbocycles. The summed E-state index contributed by atoms with van der Waals surface area (Å²) in [6.07, 6.45) is 4.53. The van der Waals surface area contributed by atoms with Gasteiger partial charge >= 0.3 is 5.97 Å². The number of unbranched alkanes of at least 4 members (excludes halogenated alkanes) is 1. The van der Waals surface area contributed by atoms with E-state index < -0.39 is 23.5 Å². The lowest BCUT2D eigenvalue weighted by molar-refractivity contribution is -0.139. The maximum atomic E-state index is 13.7. The molecular weight excluding hydrogens is 404 g/mol. The molecule has 31 heavy (non-hydrogen) atoms. The summed E-state index contributed by atoms with van der Waals surface area (Å²) >= 11 is 0. The van der Waals surface area contributed by atoms with Gasteiger partial charge in [0.15, 0.2) is 11.6 Å². The normalized spacial score (nSPS) is 24.9. The average molecular weight is 436 g/mol. The van der Waals surface area contributed by atoms with E-state index in [-0.39, 0.29) is 35.6 Å². The molecule has 170 valence electrons. The molecule has 1 saturated heterocycles. The fraction of sp³-hybridized carbons (Fsp3) is 0.565. The molecule has 3 atom stereocenters. The summed E-state index contributed by atoms with van der Waals surface area (Å²) in [7, 11) is 0. The molecule has 2 aliphatic heterocycles. The molecule has 1 aromatic rings. The Bertz CT molecular complexity index is 872. The minimum Gasteiger partial charge on any atom is -0.463 e. The van der Waals surface area contributed by atoms with Gasteiger partial charge in [0.1, 0.15) is 0 Å². The second-order valence-electron chi connectivity index (χ2n) is 8.90. The molecule has 8 heteroatoms. The van der Waals surface area contributed by atoms with Gasteiger partial charge in [0.05, 0.1) is 18.2 Å². The lowest BCUT2D eigenvalue weighted by Crippen LogP contribution is -2.45. The SMILES string of the molecule is CCCCC1NNC2C(C(=O)OCC)=CN(C(=O)c3ccc(F)c(F)c3)CC(C)(C)C12. The molecule has 3 rings (SSSR count). The first-order chi connectivity index (χ1) is 14.7. The molecule has 0 bridgehead atoms. The van der Waals surface area contributed by atoms with Crippen LogP contribution in [0.2, 0.25) is 0 Å². The van der Waals surface area contributed by atoms with Crippen molar-refractivity contribution in [2.45, 2.75) is 59.0 Å². The zero-order chi connectivity index (χ0) is 22.8. The zero-order valence-corrected chi connectivity index (χ0v) is 18.5. The van der Waals surface area contributed by atoms with Crippen molar-refractivity contribution in [1.29, 1.82) is 0 Å². The Morgan fingerprint density at radius 2 is 1.94 bits per heavy atom. The number of nitrogens with one attached hydrogen (secondary N) is 2. The molecule has 2 aliphatic rings. The molecule has 2 N–H and O–H groups in total. The Balaban J connectivity index is 2.01. The highest BCUT2D eigenvalue weighted by Gasteiger charge is 2.50. The fourth-order valence-corrected chi connectivity index (χ4v) is 4.71. The smallest absolute Gasteiger partial charge is 0.337 e. The highest BCUT2D eigenvalue weighted by molar-refractivity contribution is 5.97. The van der Waals surface area contributed by atoms with Crippen molar-refractivity contribution in [1.82, 2.24) is 15.8 Å². The first kappa shape index (κ1) is 23.3. The standard InChI is InChI=1S/C23H31F2N3O3/c1-5-7-8-18-19-20(27-26-18)15(22(30)31-6-2)12-28(13-23(19,3)4)21(29)14-9-10-16(24)17(25)11-14/h9-12,18-20,26-27H,5-8,13H2,1-4H3. The first-order valence-electron chi connectivity index (χ1n) is 10.9. The quantitative estimate of drug-likeness (QED) is 0.669. The Morgan fingerprint density at radius 3 is 2.58 bits per heavy atom. The number of amides is 1. The minimum absolute atomic E-state index is 0.0230. The lowest BCUT2D eigenvalue weighted by Gasteiger charge is -2.38. The third-order valence-electron chi connectivity index (χ3n) is 6.13. The number of carbonyl (C=O) groups is 2. The number of carbonyl (C=O) groups excluding carboxylic acids is 2. The molecule has 6 nitrogen and oxygen atoms in total. The molecular formula is C23H31F2N3O3. The predicted octanol–water partition coefficient (Wildman–Crippen LogP) is 3.55. The summed E-state index contributed by atoms with van der Waals surface area (Å²) in [5.74, 6) is -3.07. The van der Waals surface area contributed by atoms with Crippen LogP contribution >= 0.6 is 0 Å².